The van der Waals surface area contributed by atoms with Crippen LogP contribution in [0.5, 0.6) is 0 Å². The summed E-state index contributed by atoms with van der Waals surface area (Å²) in [6, 6.07) is 13.2. The predicted molar refractivity (Wildman–Crippen MR) is 89.0 cm³/mol. The maximum absolute atomic E-state index is 12.0. The van der Waals surface area contributed by atoms with Crippen molar-refractivity contribution in [3.05, 3.63) is 59.2 Å². The summed E-state index contributed by atoms with van der Waals surface area (Å²) in [4.78, 5) is 23.9. The Balaban J connectivity index is 1.94. The molecule has 0 unspecified atom stereocenters. The number of hydrogen-bond acceptors (Lipinski definition) is 2. The maximum atomic E-state index is 12.0. The van der Waals surface area contributed by atoms with Gasteiger partial charge in [-0.15, -0.1) is 0 Å². The summed E-state index contributed by atoms with van der Waals surface area (Å²) in [6.07, 6.45) is -0.207. The third-order valence-electron chi connectivity index (χ3n) is 3.50. The molecule has 22 heavy (non-hydrogen) atoms. The van der Waals surface area contributed by atoms with Crippen LogP contribution in [-0.2, 0) is 9.59 Å². The topological polar surface area (TPSA) is 58.2 Å². The quantitative estimate of drug-likeness (QED) is 0.847. The zero-order valence-corrected chi connectivity index (χ0v) is 13.1. The molecule has 0 aliphatic heterocycles. The van der Waals surface area contributed by atoms with Crippen LogP contribution in [0.25, 0.3) is 0 Å². The second kappa shape index (κ2) is 6.89. The first kappa shape index (κ1) is 15.8. The summed E-state index contributed by atoms with van der Waals surface area (Å²) in [5.41, 5.74) is 4.60. The van der Waals surface area contributed by atoms with Crippen molar-refractivity contribution >= 4 is 23.2 Å². The predicted octanol–water partition coefficient (Wildman–Crippen LogP) is 3.58. The Morgan fingerprint density at radius 1 is 0.909 bits per heavy atom. The third-order valence-corrected chi connectivity index (χ3v) is 3.50. The van der Waals surface area contributed by atoms with Crippen molar-refractivity contribution in [1.29, 1.82) is 0 Å². The van der Waals surface area contributed by atoms with E-state index < -0.39 is 0 Å². The molecule has 0 spiro atoms. The molecule has 4 nitrogen and oxygen atoms in total. The van der Waals surface area contributed by atoms with E-state index in [1.165, 1.54) is 0 Å². The van der Waals surface area contributed by atoms with Crippen LogP contribution in [0.1, 0.15) is 23.1 Å². The van der Waals surface area contributed by atoms with Crippen LogP contribution >= 0.6 is 0 Å². The number of anilines is 2. The summed E-state index contributed by atoms with van der Waals surface area (Å²) in [6.45, 7) is 5.87. The minimum absolute atomic E-state index is 0.207. The number of carbonyl (C=O) groups is 2. The molecule has 0 atom stereocenters. The van der Waals surface area contributed by atoms with E-state index in [-0.39, 0.29) is 18.2 Å². The van der Waals surface area contributed by atoms with Crippen molar-refractivity contribution in [3.63, 3.8) is 0 Å². The van der Waals surface area contributed by atoms with E-state index in [2.05, 4.69) is 10.6 Å². The minimum atomic E-state index is -0.326. The zero-order valence-electron chi connectivity index (χ0n) is 13.1. The molecule has 0 aromatic heterocycles. The summed E-state index contributed by atoms with van der Waals surface area (Å²) in [5, 5.41) is 5.50. The van der Waals surface area contributed by atoms with Crippen molar-refractivity contribution in [2.24, 2.45) is 0 Å². The van der Waals surface area contributed by atoms with Gasteiger partial charge >= 0.3 is 0 Å². The van der Waals surface area contributed by atoms with E-state index in [9.17, 15) is 9.59 Å². The Kier molecular flexibility index (Phi) is 4.94. The first-order valence-electron chi connectivity index (χ1n) is 7.18. The van der Waals surface area contributed by atoms with Gasteiger partial charge in [0, 0.05) is 11.4 Å². The Hall–Kier alpha value is -2.62. The fourth-order valence-corrected chi connectivity index (χ4v) is 2.15. The molecule has 0 radical (unpaired) electrons. The van der Waals surface area contributed by atoms with Crippen LogP contribution in [0.4, 0.5) is 11.4 Å². The average Bonchev–Trinajstić information content (AvgIpc) is 2.43. The number of nitrogens with one attached hydrogen (secondary N) is 2. The Morgan fingerprint density at radius 3 is 2.32 bits per heavy atom. The molecule has 2 amide bonds. The van der Waals surface area contributed by atoms with E-state index in [0.29, 0.717) is 5.69 Å². The molecule has 2 aromatic carbocycles. The number of hydrogen-bond donors (Lipinski definition) is 2. The number of carbonyl (C=O) groups excluding carboxylic acids is 2. The lowest BCUT2D eigenvalue weighted by atomic mass is 10.1. The Morgan fingerprint density at radius 2 is 1.59 bits per heavy atom. The number of benzene rings is 2. The molecule has 0 fully saturated rings. The highest BCUT2D eigenvalue weighted by Gasteiger charge is 2.11. The van der Waals surface area contributed by atoms with Gasteiger partial charge in [0.25, 0.3) is 0 Å². The monoisotopic (exact) mass is 296 g/mol. The molecular formula is C18H20N2O2. The minimum Gasteiger partial charge on any atom is -0.326 e. The molecule has 0 bridgehead atoms. The van der Waals surface area contributed by atoms with Crippen molar-refractivity contribution in [3.8, 4) is 0 Å². The molecule has 2 aromatic rings. The number of rotatable bonds is 4. The molecule has 0 heterocycles. The molecule has 0 aliphatic rings. The first-order chi connectivity index (χ1) is 10.5. The fourth-order valence-electron chi connectivity index (χ4n) is 2.15. The summed E-state index contributed by atoms with van der Waals surface area (Å²) < 4.78 is 0. The van der Waals surface area contributed by atoms with Crippen LogP contribution in [0.3, 0.4) is 0 Å². The van der Waals surface area contributed by atoms with Gasteiger partial charge in [0.1, 0.15) is 6.42 Å². The third kappa shape index (κ3) is 4.19. The summed E-state index contributed by atoms with van der Waals surface area (Å²) in [7, 11) is 0. The van der Waals surface area contributed by atoms with Gasteiger partial charge in [-0.3, -0.25) is 9.59 Å². The van der Waals surface area contributed by atoms with Crippen LogP contribution < -0.4 is 10.6 Å². The molecule has 0 aliphatic carbocycles. The normalized spacial score (nSPS) is 10.1. The van der Waals surface area contributed by atoms with E-state index in [1.807, 2.05) is 57.2 Å². The van der Waals surface area contributed by atoms with Crippen LogP contribution in [0.15, 0.2) is 42.5 Å². The first-order valence-corrected chi connectivity index (χ1v) is 7.18. The highest BCUT2D eigenvalue weighted by Crippen LogP contribution is 2.18. The van der Waals surface area contributed by atoms with Crippen molar-refractivity contribution in [1.82, 2.24) is 0 Å². The van der Waals surface area contributed by atoms with Gasteiger partial charge < -0.3 is 10.6 Å². The lowest BCUT2D eigenvalue weighted by Gasteiger charge is -2.10. The van der Waals surface area contributed by atoms with Gasteiger partial charge in [-0.05, 0) is 55.7 Å². The van der Waals surface area contributed by atoms with Gasteiger partial charge in [0.05, 0.1) is 0 Å². The molecule has 114 valence electrons. The molecule has 4 heteroatoms. The SMILES string of the molecule is Cc1cccc(NC(=O)CC(=O)Nc2cccc(C)c2C)c1. The van der Waals surface area contributed by atoms with E-state index in [0.717, 1.165) is 22.4 Å². The number of amides is 2. The molecule has 2 N–H and O–H groups in total. The van der Waals surface area contributed by atoms with Gasteiger partial charge in [-0.1, -0.05) is 24.3 Å². The van der Waals surface area contributed by atoms with Crippen LogP contribution in [0, 0.1) is 20.8 Å². The summed E-state index contributed by atoms with van der Waals surface area (Å²) >= 11 is 0. The Bertz CT molecular complexity index is 708. The molecule has 2 rings (SSSR count). The zero-order chi connectivity index (χ0) is 16.1. The summed E-state index contributed by atoms with van der Waals surface area (Å²) in [5.74, 6) is -0.646. The second-order valence-electron chi connectivity index (χ2n) is 5.39. The van der Waals surface area contributed by atoms with Crippen molar-refractivity contribution < 1.29 is 9.59 Å². The van der Waals surface area contributed by atoms with E-state index in [4.69, 9.17) is 0 Å². The van der Waals surface area contributed by atoms with Gasteiger partial charge in [0.2, 0.25) is 11.8 Å². The average molecular weight is 296 g/mol. The number of aryl methyl sites for hydroxylation is 2. The van der Waals surface area contributed by atoms with Crippen molar-refractivity contribution in [2.75, 3.05) is 10.6 Å². The smallest absolute Gasteiger partial charge is 0.233 e. The van der Waals surface area contributed by atoms with Gasteiger partial charge in [-0.25, -0.2) is 0 Å². The van der Waals surface area contributed by atoms with E-state index >= 15 is 0 Å². The van der Waals surface area contributed by atoms with Crippen molar-refractivity contribution in [2.45, 2.75) is 27.2 Å². The largest absolute Gasteiger partial charge is 0.326 e. The highest BCUT2D eigenvalue weighted by atomic mass is 16.2. The second-order valence-corrected chi connectivity index (χ2v) is 5.39. The highest BCUT2D eigenvalue weighted by molar-refractivity contribution is 6.08. The molecule has 0 saturated heterocycles. The Labute approximate surface area is 130 Å². The standard InChI is InChI=1S/C18H20N2O2/c1-12-6-4-8-15(10-12)19-17(21)11-18(22)20-16-9-5-7-13(2)14(16)3/h4-10H,11H2,1-3H3,(H,19,21)(H,20,22). The maximum Gasteiger partial charge on any atom is 0.233 e. The van der Waals surface area contributed by atoms with Crippen LogP contribution in [0.2, 0.25) is 0 Å². The lowest BCUT2D eigenvalue weighted by Crippen LogP contribution is -2.21. The van der Waals surface area contributed by atoms with E-state index in [1.54, 1.807) is 6.07 Å². The molecular weight excluding hydrogens is 276 g/mol. The van der Waals surface area contributed by atoms with Crippen LogP contribution in [-0.4, -0.2) is 11.8 Å². The van der Waals surface area contributed by atoms with Gasteiger partial charge in [0.15, 0.2) is 0 Å². The van der Waals surface area contributed by atoms with Gasteiger partial charge in [-0.2, -0.15) is 0 Å². The lowest BCUT2D eigenvalue weighted by molar-refractivity contribution is -0.123. The molecule has 0 saturated carbocycles. The fraction of sp³-hybridized carbons (Fsp3) is 0.222.